The van der Waals surface area contributed by atoms with E-state index in [9.17, 15) is 13.2 Å². The Kier molecular flexibility index (Phi) is 7.13. The van der Waals surface area contributed by atoms with E-state index in [2.05, 4.69) is 30.9 Å². The molecule has 31 heavy (non-hydrogen) atoms. The zero-order valence-corrected chi connectivity index (χ0v) is 18.1. The van der Waals surface area contributed by atoms with Crippen molar-refractivity contribution in [1.29, 1.82) is 0 Å². The molecule has 0 atom stereocenters. The predicted octanol–water partition coefficient (Wildman–Crippen LogP) is 1.57. The third-order valence-corrected chi connectivity index (χ3v) is 4.68. The number of nitrogens with one attached hydrogen (secondary N) is 2. The van der Waals surface area contributed by atoms with Crippen LogP contribution in [0.2, 0.25) is 0 Å². The highest BCUT2D eigenvalue weighted by Crippen LogP contribution is 2.22. The number of nitrogens with zero attached hydrogens (tertiary/aromatic N) is 5. The van der Waals surface area contributed by atoms with Crippen molar-refractivity contribution in [2.24, 2.45) is 0 Å². The summed E-state index contributed by atoms with van der Waals surface area (Å²) in [5.41, 5.74) is 1.74. The summed E-state index contributed by atoms with van der Waals surface area (Å²) in [6.07, 6.45) is 6.32. The molecule has 0 bridgehead atoms. The van der Waals surface area contributed by atoms with Crippen molar-refractivity contribution in [2.45, 2.75) is 44.7 Å². The molecule has 1 aliphatic rings. The summed E-state index contributed by atoms with van der Waals surface area (Å²) >= 11 is 0. The Labute approximate surface area is 180 Å². The maximum atomic E-state index is 11.2. The summed E-state index contributed by atoms with van der Waals surface area (Å²) in [6, 6.07) is 10.2. The highest BCUT2D eigenvalue weighted by molar-refractivity contribution is 7.85. The normalized spacial score (nSPS) is 18.7. The molecule has 3 N–H and O–H groups in total. The lowest BCUT2D eigenvalue weighted by Gasteiger charge is -2.29. The SMILES string of the molecule is CC(=O)N[C@H]1CC[C@H](Nc2nccc(-n3nnc4ccccc43)n2)CC1.CS(=O)(=O)O. The molecule has 0 radical (unpaired) electrons. The van der Waals surface area contributed by atoms with Crippen LogP contribution in [0.5, 0.6) is 0 Å². The minimum atomic E-state index is -3.67. The molecule has 2 aromatic heterocycles. The molecule has 1 saturated carbocycles. The summed E-state index contributed by atoms with van der Waals surface area (Å²) in [6.45, 7) is 1.57. The molecule has 0 aliphatic heterocycles. The number of hydrogen-bond acceptors (Lipinski definition) is 8. The summed E-state index contributed by atoms with van der Waals surface area (Å²) in [4.78, 5) is 20.1. The van der Waals surface area contributed by atoms with Gasteiger partial charge in [-0.1, -0.05) is 17.3 Å². The van der Waals surface area contributed by atoms with Crippen molar-refractivity contribution in [3.8, 4) is 5.82 Å². The maximum Gasteiger partial charge on any atom is 0.261 e. The van der Waals surface area contributed by atoms with Crippen LogP contribution in [0.1, 0.15) is 32.6 Å². The van der Waals surface area contributed by atoms with Gasteiger partial charge in [0.15, 0.2) is 5.82 Å². The van der Waals surface area contributed by atoms with Crippen LogP contribution in [-0.4, -0.2) is 62.2 Å². The molecule has 4 rings (SSSR count). The summed E-state index contributed by atoms with van der Waals surface area (Å²) < 4.78 is 27.6. The number of fused-ring (bicyclic) bond motifs is 1. The summed E-state index contributed by atoms with van der Waals surface area (Å²) in [5, 5.41) is 14.8. The van der Waals surface area contributed by atoms with E-state index in [0.29, 0.717) is 24.1 Å². The Balaban J connectivity index is 0.000000491. The van der Waals surface area contributed by atoms with Gasteiger partial charge in [-0.05, 0) is 37.8 Å². The molecule has 1 amide bonds. The Hall–Kier alpha value is -3.12. The topological polar surface area (TPSA) is 152 Å². The Morgan fingerprint density at radius 3 is 2.45 bits per heavy atom. The van der Waals surface area contributed by atoms with Crippen LogP contribution in [0.4, 0.5) is 5.95 Å². The molecule has 0 spiro atoms. The number of hydrogen-bond donors (Lipinski definition) is 3. The second-order valence-electron chi connectivity index (χ2n) is 7.35. The standard InChI is InChI=1S/C18H21N7O.CH4O3S/c1-12(26)20-13-6-8-14(9-7-13)21-18-19-11-10-17(22-18)25-16-5-3-2-4-15(16)23-24-25;1-5(2,3)4/h2-5,10-11,13-14H,6-9H2,1H3,(H,20,26)(H,19,21,22);1H3,(H,2,3,4)/t13-,14-;. The lowest BCUT2D eigenvalue weighted by molar-refractivity contribution is -0.119. The van der Waals surface area contributed by atoms with Gasteiger partial charge < -0.3 is 10.6 Å². The van der Waals surface area contributed by atoms with Gasteiger partial charge in [0.1, 0.15) is 5.52 Å². The number of benzene rings is 1. The van der Waals surface area contributed by atoms with E-state index in [1.807, 2.05) is 30.3 Å². The molecule has 0 saturated heterocycles. The zero-order chi connectivity index (χ0) is 22.4. The third kappa shape index (κ3) is 6.96. The van der Waals surface area contributed by atoms with Crippen LogP contribution in [-0.2, 0) is 14.9 Å². The van der Waals surface area contributed by atoms with E-state index < -0.39 is 10.1 Å². The lowest BCUT2D eigenvalue weighted by Crippen LogP contribution is -2.39. The third-order valence-electron chi connectivity index (χ3n) is 4.68. The van der Waals surface area contributed by atoms with Crippen molar-refractivity contribution in [3.05, 3.63) is 36.5 Å². The Morgan fingerprint density at radius 2 is 1.77 bits per heavy atom. The first-order chi connectivity index (χ1) is 14.7. The number of para-hydroxylation sites is 1. The van der Waals surface area contributed by atoms with Crippen LogP contribution in [0, 0.1) is 0 Å². The van der Waals surface area contributed by atoms with Gasteiger partial charge in [-0.15, -0.1) is 5.10 Å². The van der Waals surface area contributed by atoms with Gasteiger partial charge in [0.25, 0.3) is 10.1 Å². The molecule has 3 aromatic rings. The average molecular weight is 448 g/mol. The van der Waals surface area contributed by atoms with Crippen LogP contribution in [0.3, 0.4) is 0 Å². The van der Waals surface area contributed by atoms with Gasteiger partial charge in [0.05, 0.1) is 11.8 Å². The molecule has 1 aromatic carbocycles. The molecule has 2 heterocycles. The van der Waals surface area contributed by atoms with Crippen LogP contribution >= 0.6 is 0 Å². The van der Waals surface area contributed by atoms with Gasteiger partial charge >= 0.3 is 0 Å². The number of anilines is 1. The monoisotopic (exact) mass is 447 g/mol. The first kappa shape index (κ1) is 22.6. The predicted molar refractivity (Wildman–Crippen MR) is 115 cm³/mol. The molecular weight excluding hydrogens is 422 g/mol. The summed E-state index contributed by atoms with van der Waals surface area (Å²) in [5.74, 6) is 1.31. The fourth-order valence-corrected chi connectivity index (χ4v) is 3.43. The molecule has 166 valence electrons. The van der Waals surface area contributed by atoms with Crippen LogP contribution in [0.25, 0.3) is 16.9 Å². The van der Waals surface area contributed by atoms with Crippen LogP contribution in [0.15, 0.2) is 36.5 Å². The molecule has 11 nitrogen and oxygen atoms in total. The highest BCUT2D eigenvalue weighted by atomic mass is 32.2. The first-order valence-electron chi connectivity index (χ1n) is 9.79. The van der Waals surface area contributed by atoms with Crippen molar-refractivity contribution in [1.82, 2.24) is 30.3 Å². The molecule has 0 unspecified atom stereocenters. The van der Waals surface area contributed by atoms with E-state index in [1.54, 1.807) is 17.8 Å². The van der Waals surface area contributed by atoms with E-state index in [4.69, 9.17) is 4.55 Å². The fourth-order valence-electron chi connectivity index (χ4n) is 3.43. The van der Waals surface area contributed by atoms with E-state index >= 15 is 0 Å². The number of carbonyl (C=O) groups is 1. The smallest absolute Gasteiger partial charge is 0.261 e. The minimum Gasteiger partial charge on any atom is -0.354 e. The van der Waals surface area contributed by atoms with E-state index in [-0.39, 0.29) is 11.9 Å². The first-order valence-corrected chi connectivity index (χ1v) is 11.6. The largest absolute Gasteiger partial charge is 0.354 e. The van der Waals surface area contributed by atoms with Crippen molar-refractivity contribution in [2.75, 3.05) is 11.6 Å². The average Bonchev–Trinajstić information content (AvgIpc) is 3.12. The Bertz CT molecular complexity index is 1130. The van der Waals surface area contributed by atoms with Gasteiger partial charge in [-0.2, -0.15) is 18.1 Å². The number of carbonyl (C=O) groups excluding carboxylic acids is 1. The highest BCUT2D eigenvalue weighted by Gasteiger charge is 2.22. The molecule has 1 fully saturated rings. The van der Waals surface area contributed by atoms with Crippen molar-refractivity contribution >= 4 is 33.0 Å². The summed E-state index contributed by atoms with van der Waals surface area (Å²) in [7, 11) is -3.67. The van der Waals surface area contributed by atoms with Crippen molar-refractivity contribution in [3.63, 3.8) is 0 Å². The van der Waals surface area contributed by atoms with Gasteiger partial charge in [0, 0.05) is 31.3 Å². The quantitative estimate of drug-likeness (QED) is 0.506. The Morgan fingerprint density at radius 1 is 1.13 bits per heavy atom. The van der Waals surface area contributed by atoms with Gasteiger partial charge in [0.2, 0.25) is 11.9 Å². The number of amides is 1. The van der Waals surface area contributed by atoms with E-state index in [1.165, 1.54) is 0 Å². The minimum absolute atomic E-state index is 0.0394. The lowest BCUT2D eigenvalue weighted by atomic mass is 9.91. The van der Waals surface area contributed by atoms with E-state index in [0.717, 1.165) is 36.7 Å². The van der Waals surface area contributed by atoms with Gasteiger partial charge in [-0.3, -0.25) is 9.35 Å². The second kappa shape index (κ2) is 9.79. The van der Waals surface area contributed by atoms with Crippen LogP contribution < -0.4 is 10.6 Å². The maximum absolute atomic E-state index is 11.2. The molecule has 1 aliphatic carbocycles. The van der Waals surface area contributed by atoms with Crippen molar-refractivity contribution < 1.29 is 17.8 Å². The number of rotatable bonds is 4. The fraction of sp³-hybridized carbons (Fsp3) is 0.421. The number of aromatic nitrogens is 5. The molecular formula is C19H25N7O4S. The molecule has 12 heteroatoms. The zero-order valence-electron chi connectivity index (χ0n) is 17.3. The second-order valence-corrected chi connectivity index (χ2v) is 8.82. The van der Waals surface area contributed by atoms with Gasteiger partial charge in [-0.25, -0.2) is 4.98 Å².